The average Bonchev–Trinajstić information content (AvgIpc) is 2.60. The fraction of sp³-hybridized carbons (Fsp3) is 0.500. The van der Waals surface area contributed by atoms with E-state index in [0.717, 1.165) is 0 Å². The molecular formula is C16H21N3O4. The average molecular weight is 319 g/mol. The van der Waals surface area contributed by atoms with Gasteiger partial charge in [-0.15, -0.1) is 0 Å². The summed E-state index contributed by atoms with van der Waals surface area (Å²) in [7, 11) is 1.30. The largest absolute Gasteiger partial charge is 0.469 e. The van der Waals surface area contributed by atoms with Crippen molar-refractivity contribution in [1.82, 2.24) is 15.2 Å². The molecule has 23 heavy (non-hydrogen) atoms. The standard InChI is InChI=1S/C16H21N3O4/c1-23-15(21)6-5-14(20)18-12-7-10-19(11-8-12)16(22)13-4-2-3-9-17-13/h2-4,9,12H,5-8,10-11H2,1H3,(H,18,20). The lowest BCUT2D eigenvalue weighted by Gasteiger charge is -2.32. The maximum atomic E-state index is 12.3. The number of piperidine rings is 1. The van der Waals surface area contributed by atoms with Gasteiger partial charge in [0.2, 0.25) is 5.91 Å². The van der Waals surface area contributed by atoms with Gasteiger partial charge in [0.05, 0.1) is 13.5 Å². The molecule has 1 aliphatic heterocycles. The van der Waals surface area contributed by atoms with Crippen LogP contribution in [0.15, 0.2) is 24.4 Å². The molecule has 0 spiro atoms. The normalized spacial score (nSPS) is 15.1. The Morgan fingerprint density at radius 1 is 1.26 bits per heavy atom. The number of hydrogen-bond acceptors (Lipinski definition) is 5. The van der Waals surface area contributed by atoms with Crippen LogP contribution in [0.4, 0.5) is 0 Å². The van der Waals surface area contributed by atoms with E-state index in [1.54, 1.807) is 29.3 Å². The fourth-order valence-corrected chi connectivity index (χ4v) is 2.50. The number of likely N-dealkylation sites (tertiary alicyclic amines) is 1. The lowest BCUT2D eigenvalue weighted by molar-refractivity contribution is -0.142. The molecule has 7 heteroatoms. The van der Waals surface area contributed by atoms with Gasteiger partial charge in [-0.1, -0.05) is 6.07 Å². The number of methoxy groups -OCH3 is 1. The molecule has 1 saturated heterocycles. The van der Waals surface area contributed by atoms with Crippen LogP contribution in [-0.4, -0.2) is 53.9 Å². The van der Waals surface area contributed by atoms with Crippen LogP contribution in [0.2, 0.25) is 0 Å². The molecule has 124 valence electrons. The Balaban J connectivity index is 1.74. The second kappa shape index (κ2) is 8.26. The number of nitrogens with zero attached hydrogens (tertiary/aromatic N) is 2. The molecule has 1 aliphatic rings. The smallest absolute Gasteiger partial charge is 0.306 e. The van der Waals surface area contributed by atoms with Gasteiger partial charge < -0.3 is 15.0 Å². The molecule has 1 aromatic heterocycles. The van der Waals surface area contributed by atoms with Gasteiger partial charge in [0.1, 0.15) is 5.69 Å². The van der Waals surface area contributed by atoms with Crippen molar-refractivity contribution in [3.63, 3.8) is 0 Å². The molecule has 0 unspecified atom stereocenters. The fourth-order valence-electron chi connectivity index (χ4n) is 2.50. The van der Waals surface area contributed by atoms with Crippen molar-refractivity contribution in [3.8, 4) is 0 Å². The number of hydrogen-bond donors (Lipinski definition) is 1. The Bertz CT molecular complexity index is 554. The van der Waals surface area contributed by atoms with E-state index in [1.807, 2.05) is 0 Å². The van der Waals surface area contributed by atoms with Crippen LogP contribution < -0.4 is 5.32 Å². The van der Waals surface area contributed by atoms with E-state index >= 15 is 0 Å². The number of ether oxygens (including phenoxy) is 1. The van der Waals surface area contributed by atoms with Crippen molar-refractivity contribution in [2.45, 2.75) is 31.7 Å². The molecule has 0 aliphatic carbocycles. The van der Waals surface area contributed by atoms with Gasteiger partial charge in [0.15, 0.2) is 0 Å². The molecule has 1 aromatic rings. The third-order valence-electron chi connectivity index (χ3n) is 3.82. The molecule has 1 fully saturated rings. The molecule has 2 amide bonds. The van der Waals surface area contributed by atoms with E-state index < -0.39 is 5.97 Å². The molecule has 2 rings (SSSR count). The van der Waals surface area contributed by atoms with Crippen LogP contribution in [-0.2, 0) is 14.3 Å². The van der Waals surface area contributed by atoms with E-state index in [4.69, 9.17) is 0 Å². The number of carbonyl (C=O) groups is 3. The molecule has 0 radical (unpaired) electrons. The minimum Gasteiger partial charge on any atom is -0.469 e. The Kier molecular flexibility index (Phi) is 6.08. The van der Waals surface area contributed by atoms with Gasteiger partial charge in [0, 0.05) is 31.7 Å². The molecule has 0 atom stereocenters. The maximum Gasteiger partial charge on any atom is 0.306 e. The Morgan fingerprint density at radius 2 is 2.00 bits per heavy atom. The first-order chi connectivity index (χ1) is 11.1. The predicted octanol–water partition coefficient (Wildman–Crippen LogP) is 0.756. The third-order valence-corrected chi connectivity index (χ3v) is 3.82. The van der Waals surface area contributed by atoms with Crippen molar-refractivity contribution in [2.75, 3.05) is 20.2 Å². The third kappa shape index (κ3) is 5.05. The first-order valence-electron chi connectivity index (χ1n) is 7.66. The van der Waals surface area contributed by atoms with E-state index in [1.165, 1.54) is 7.11 Å². The van der Waals surface area contributed by atoms with Gasteiger partial charge in [-0.2, -0.15) is 0 Å². The Morgan fingerprint density at radius 3 is 2.61 bits per heavy atom. The van der Waals surface area contributed by atoms with Crippen LogP contribution in [0.5, 0.6) is 0 Å². The monoisotopic (exact) mass is 319 g/mol. The topological polar surface area (TPSA) is 88.6 Å². The summed E-state index contributed by atoms with van der Waals surface area (Å²) in [6, 6.07) is 5.29. The van der Waals surface area contributed by atoms with Crippen LogP contribution >= 0.6 is 0 Å². The van der Waals surface area contributed by atoms with Gasteiger partial charge in [-0.05, 0) is 25.0 Å². The van der Waals surface area contributed by atoms with Crippen molar-refractivity contribution in [2.24, 2.45) is 0 Å². The minimum absolute atomic E-state index is 0.0351. The summed E-state index contributed by atoms with van der Waals surface area (Å²) in [5.41, 5.74) is 0.438. The van der Waals surface area contributed by atoms with E-state index in [0.29, 0.717) is 31.6 Å². The zero-order valence-corrected chi connectivity index (χ0v) is 13.2. The summed E-state index contributed by atoms with van der Waals surface area (Å²) in [5.74, 6) is -0.637. The summed E-state index contributed by atoms with van der Waals surface area (Å²) >= 11 is 0. The summed E-state index contributed by atoms with van der Waals surface area (Å²) in [6.07, 6.45) is 3.20. The number of amides is 2. The zero-order chi connectivity index (χ0) is 16.7. The molecule has 0 aromatic carbocycles. The number of aromatic nitrogens is 1. The molecule has 0 bridgehead atoms. The summed E-state index contributed by atoms with van der Waals surface area (Å²) in [4.78, 5) is 40.8. The van der Waals surface area contributed by atoms with E-state index in [-0.39, 0.29) is 30.7 Å². The minimum atomic E-state index is -0.393. The molecule has 0 saturated carbocycles. The highest BCUT2D eigenvalue weighted by Gasteiger charge is 2.25. The van der Waals surface area contributed by atoms with E-state index in [2.05, 4.69) is 15.0 Å². The quantitative estimate of drug-likeness (QED) is 0.809. The SMILES string of the molecule is COC(=O)CCC(=O)NC1CCN(C(=O)c2ccccn2)CC1. The number of pyridine rings is 1. The van der Waals surface area contributed by atoms with Crippen molar-refractivity contribution < 1.29 is 19.1 Å². The summed E-state index contributed by atoms with van der Waals surface area (Å²) in [5, 5.41) is 2.90. The van der Waals surface area contributed by atoms with Crippen molar-refractivity contribution in [3.05, 3.63) is 30.1 Å². The van der Waals surface area contributed by atoms with Gasteiger partial charge in [-0.25, -0.2) is 0 Å². The summed E-state index contributed by atoms with van der Waals surface area (Å²) in [6.45, 7) is 1.16. The van der Waals surface area contributed by atoms with Crippen molar-refractivity contribution >= 4 is 17.8 Å². The van der Waals surface area contributed by atoms with Crippen molar-refractivity contribution in [1.29, 1.82) is 0 Å². The highest BCUT2D eigenvalue weighted by molar-refractivity contribution is 5.92. The van der Waals surface area contributed by atoms with Crippen LogP contribution in [0.1, 0.15) is 36.2 Å². The lowest BCUT2D eigenvalue weighted by Crippen LogP contribution is -2.46. The molecule has 7 nitrogen and oxygen atoms in total. The zero-order valence-electron chi connectivity index (χ0n) is 13.2. The molecular weight excluding hydrogens is 298 g/mol. The Labute approximate surface area is 135 Å². The second-order valence-corrected chi connectivity index (χ2v) is 5.43. The Hall–Kier alpha value is -2.44. The number of rotatable bonds is 5. The predicted molar refractivity (Wildman–Crippen MR) is 82.6 cm³/mol. The van der Waals surface area contributed by atoms with Gasteiger partial charge in [0.25, 0.3) is 5.91 Å². The summed E-state index contributed by atoms with van der Waals surface area (Å²) < 4.78 is 4.50. The van der Waals surface area contributed by atoms with Crippen LogP contribution in [0, 0.1) is 0 Å². The first-order valence-corrected chi connectivity index (χ1v) is 7.66. The first kappa shape index (κ1) is 16.9. The number of carbonyl (C=O) groups excluding carboxylic acids is 3. The van der Waals surface area contributed by atoms with E-state index in [9.17, 15) is 14.4 Å². The number of nitrogens with one attached hydrogen (secondary N) is 1. The lowest BCUT2D eigenvalue weighted by atomic mass is 10.0. The maximum absolute atomic E-state index is 12.3. The van der Waals surface area contributed by atoms with Crippen LogP contribution in [0.25, 0.3) is 0 Å². The van der Waals surface area contributed by atoms with Crippen LogP contribution in [0.3, 0.4) is 0 Å². The number of esters is 1. The highest BCUT2D eigenvalue weighted by atomic mass is 16.5. The second-order valence-electron chi connectivity index (χ2n) is 5.43. The molecule has 2 heterocycles. The van der Waals surface area contributed by atoms with Gasteiger partial charge >= 0.3 is 5.97 Å². The molecule has 1 N–H and O–H groups in total. The van der Waals surface area contributed by atoms with Gasteiger partial charge in [-0.3, -0.25) is 19.4 Å². The highest BCUT2D eigenvalue weighted by Crippen LogP contribution is 2.13.